The van der Waals surface area contributed by atoms with Gasteiger partial charge >= 0.3 is 0 Å². The molecule has 100 valence electrons. The highest BCUT2D eigenvalue weighted by Gasteiger charge is 2.37. The van der Waals surface area contributed by atoms with Crippen molar-refractivity contribution >= 4 is 17.3 Å². The van der Waals surface area contributed by atoms with Gasteiger partial charge in [-0.2, -0.15) is 5.26 Å². The molecule has 0 aliphatic carbocycles. The van der Waals surface area contributed by atoms with Gasteiger partial charge in [0.1, 0.15) is 5.82 Å². The van der Waals surface area contributed by atoms with Gasteiger partial charge in [0.25, 0.3) is 0 Å². The fourth-order valence-electron chi connectivity index (χ4n) is 2.96. The summed E-state index contributed by atoms with van der Waals surface area (Å²) in [6.45, 7) is 0.704. The Morgan fingerprint density at radius 1 is 1.47 bits per heavy atom. The van der Waals surface area contributed by atoms with Crippen molar-refractivity contribution in [3.8, 4) is 6.07 Å². The molecule has 5 heteroatoms. The van der Waals surface area contributed by atoms with Crippen LogP contribution in [0.15, 0.2) is 12.1 Å². The molecule has 0 radical (unpaired) electrons. The van der Waals surface area contributed by atoms with Crippen molar-refractivity contribution in [2.24, 2.45) is 5.92 Å². The zero-order valence-electron chi connectivity index (χ0n) is 10.3. The van der Waals surface area contributed by atoms with Gasteiger partial charge in [0.2, 0.25) is 0 Å². The van der Waals surface area contributed by atoms with Crippen LogP contribution in [0.5, 0.6) is 0 Å². The number of hydrogen-bond donors (Lipinski definition) is 1. The SMILES string of the molecule is N#CCC1CCC2CNc3c(F)cc(Cl)cc3C2O1. The highest BCUT2D eigenvalue weighted by atomic mass is 35.5. The Labute approximate surface area is 116 Å². The first-order valence-electron chi connectivity index (χ1n) is 6.44. The molecule has 1 fully saturated rings. The molecule has 1 N–H and O–H groups in total. The van der Waals surface area contributed by atoms with Crippen molar-refractivity contribution in [2.45, 2.75) is 31.5 Å². The minimum absolute atomic E-state index is 0.0563. The molecular weight excluding hydrogens is 267 g/mol. The topological polar surface area (TPSA) is 45.0 Å². The quantitative estimate of drug-likeness (QED) is 0.854. The van der Waals surface area contributed by atoms with E-state index in [-0.39, 0.29) is 18.0 Å². The Bertz CT molecular complexity index is 543. The summed E-state index contributed by atoms with van der Waals surface area (Å²) in [5.41, 5.74) is 1.27. The van der Waals surface area contributed by atoms with Crippen LogP contribution in [0.4, 0.5) is 10.1 Å². The van der Waals surface area contributed by atoms with Crippen LogP contribution < -0.4 is 5.32 Å². The predicted molar refractivity (Wildman–Crippen MR) is 70.5 cm³/mol. The van der Waals surface area contributed by atoms with Crippen LogP contribution in [0, 0.1) is 23.1 Å². The molecule has 19 heavy (non-hydrogen) atoms. The number of anilines is 1. The minimum atomic E-state index is -0.341. The summed E-state index contributed by atoms with van der Waals surface area (Å²) in [4.78, 5) is 0. The Hall–Kier alpha value is -1.31. The molecule has 3 rings (SSSR count). The van der Waals surface area contributed by atoms with E-state index < -0.39 is 0 Å². The van der Waals surface area contributed by atoms with Crippen molar-refractivity contribution < 1.29 is 9.13 Å². The van der Waals surface area contributed by atoms with Gasteiger partial charge in [0.05, 0.1) is 30.4 Å². The van der Waals surface area contributed by atoms with Crippen LogP contribution in [0.3, 0.4) is 0 Å². The summed E-state index contributed by atoms with van der Waals surface area (Å²) in [5.74, 6) is -0.0210. The summed E-state index contributed by atoms with van der Waals surface area (Å²) < 4.78 is 19.9. The second kappa shape index (κ2) is 4.99. The number of fused-ring (bicyclic) bond motifs is 3. The van der Waals surface area contributed by atoms with Crippen LogP contribution in [-0.2, 0) is 4.74 Å². The highest BCUT2D eigenvalue weighted by molar-refractivity contribution is 6.30. The smallest absolute Gasteiger partial charge is 0.148 e. The number of nitrogens with zero attached hydrogens (tertiary/aromatic N) is 1. The number of ether oxygens (including phenoxy) is 1. The van der Waals surface area contributed by atoms with Crippen molar-refractivity contribution in [1.29, 1.82) is 5.26 Å². The summed E-state index contributed by atoms with van der Waals surface area (Å²) in [5, 5.41) is 12.3. The Balaban J connectivity index is 1.95. The monoisotopic (exact) mass is 280 g/mol. The van der Waals surface area contributed by atoms with E-state index in [1.54, 1.807) is 6.07 Å². The average molecular weight is 281 g/mol. The lowest BCUT2D eigenvalue weighted by Crippen LogP contribution is -2.37. The number of rotatable bonds is 1. The predicted octanol–water partition coefficient (Wildman–Crippen LogP) is 3.65. The molecule has 0 amide bonds. The summed E-state index contributed by atoms with van der Waals surface area (Å²) in [6.07, 6.45) is 2.04. The van der Waals surface area contributed by atoms with E-state index in [1.165, 1.54) is 6.07 Å². The number of hydrogen-bond acceptors (Lipinski definition) is 3. The maximum atomic E-state index is 13.9. The lowest BCUT2D eigenvalue weighted by molar-refractivity contribution is -0.0818. The molecule has 1 saturated heterocycles. The molecule has 3 unspecified atom stereocenters. The zero-order valence-corrected chi connectivity index (χ0v) is 11.1. The maximum Gasteiger partial charge on any atom is 0.148 e. The van der Waals surface area contributed by atoms with Crippen LogP contribution in [-0.4, -0.2) is 12.6 Å². The van der Waals surface area contributed by atoms with Crippen molar-refractivity contribution in [3.05, 3.63) is 28.5 Å². The molecule has 2 aliphatic rings. The fraction of sp³-hybridized carbons (Fsp3) is 0.500. The van der Waals surface area contributed by atoms with Gasteiger partial charge < -0.3 is 10.1 Å². The first-order valence-corrected chi connectivity index (χ1v) is 6.82. The Morgan fingerprint density at radius 2 is 2.32 bits per heavy atom. The van der Waals surface area contributed by atoms with Crippen LogP contribution in [0.2, 0.25) is 5.02 Å². The van der Waals surface area contributed by atoms with Gasteiger partial charge in [0.15, 0.2) is 0 Å². The lowest BCUT2D eigenvalue weighted by Gasteiger charge is -2.40. The average Bonchev–Trinajstić information content (AvgIpc) is 2.39. The van der Waals surface area contributed by atoms with Gasteiger partial charge in [-0.1, -0.05) is 11.6 Å². The third-order valence-corrected chi connectivity index (χ3v) is 4.10. The minimum Gasteiger partial charge on any atom is -0.382 e. The van der Waals surface area contributed by atoms with Crippen molar-refractivity contribution in [1.82, 2.24) is 0 Å². The summed E-state index contributed by atoms with van der Waals surface area (Å²) in [6, 6.07) is 5.21. The van der Waals surface area contributed by atoms with Crippen molar-refractivity contribution in [3.63, 3.8) is 0 Å². The molecule has 0 bridgehead atoms. The first-order chi connectivity index (χ1) is 9.19. The van der Waals surface area contributed by atoms with E-state index >= 15 is 0 Å². The van der Waals surface area contributed by atoms with Crippen LogP contribution in [0.25, 0.3) is 0 Å². The zero-order chi connectivity index (χ0) is 13.4. The second-order valence-electron chi connectivity index (χ2n) is 5.11. The second-order valence-corrected chi connectivity index (χ2v) is 5.55. The number of nitrogens with one attached hydrogen (secondary N) is 1. The first kappa shape index (κ1) is 12.7. The number of nitriles is 1. The molecule has 0 saturated carbocycles. The molecule has 2 heterocycles. The van der Waals surface area contributed by atoms with Gasteiger partial charge in [-0.15, -0.1) is 0 Å². The molecule has 2 aliphatic heterocycles. The molecule has 3 nitrogen and oxygen atoms in total. The van der Waals surface area contributed by atoms with Gasteiger partial charge in [-0.3, -0.25) is 0 Å². The van der Waals surface area contributed by atoms with E-state index in [2.05, 4.69) is 11.4 Å². The molecule has 0 aromatic heterocycles. The molecule has 1 aromatic rings. The van der Waals surface area contributed by atoms with Gasteiger partial charge in [-0.25, -0.2) is 4.39 Å². The summed E-state index contributed by atoms with van der Waals surface area (Å²) in [7, 11) is 0. The highest BCUT2D eigenvalue weighted by Crippen LogP contribution is 2.44. The standard InChI is InChI=1S/C14H14ClFN2O/c15-9-5-11-13(12(16)6-9)18-7-8-1-2-10(3-4-17)19-14(8)11/h5-6,8,10,14,18H,1-3,7H2. The Kier molecular flexibility index (Phi) is 3.34. The van der Waals surface area contributed by atoms with Crippen LogP contribution >= 0.6 is 11.6 Å². The fourth-order valence-corrected chi connectivity index (χ4v) is 3.18. The molecule has 1 aromatic carbocycles. The summed E-state index contributed by atoms with van der Waals surface area (Å²) >= 11 is 5.93. The van der Waals surface area contributed by atoms with E-state index in [9.17, 15) is 4.39 Å². The third-order valence-electron chi connectivity index (χ3n) is 3.88. The Morgan fingerprint density at radius 3 is 3.11 bits per heavy atom. The van der Waals surface area contributed by atoms with Gasteiger partial charge in [0, 0.05) is 23.0 Å². The number of benzene rings is 1. The van der Waals surface area contributed by atoms with E-state index in [0.29, 0.717) is 29.6 Å². The normalized spacial score (nSPS) is 28.8. The molecule has 0 spiro atoms. The third kappa shape index (κ3) is 2.29. The maximum absolute atomic E-state index is 13.9. The number of halogens is 2. The van der Waals surface area contributed by atoms with E-state index in [1.807, 2.05) is 0 Å². The lowest BCUT2D eigenvalue weighted by atomic mass is 9.83. The largest absolute Gasteiger partial charge is 0.382 e. The van der Waals surface area contributed by atoms with E-state index in [4.69, 9.17) is 21.6 Å². The van der Waals surface area contributed by atoms with Crippen LogP contribution in [0.1, 0.15) is 30.9 Å². The van der Waals surface area contributed by atoms with E-state index in [0.717, 1.165) is 18.4 Å². The molecular formula is C14H14ClFN2O. The van der Waals surface area contributed by atoms with Gasteiger partial charge in [-0.05, 0) is 25.0 Å². The van der Waals surface area contributed by atoms with Crippen molar-refractivity contribution in [2.75, 3.05) is 11.9 Å². The molecule has 3 atom stereocenters.